The number of aromatic amines is 1. The van der Waals surface area contributed by atoms with E-state index in [2.05, 4.69) is 77.7 Å². The number of hydrogen-bond acceptors (Lipinski definition) is 1. The molecule has 0 aliphatic heterocycles. The number of allylic oxidation sites excluding steroid dienone is 1. The summed E-state index contributed by atoms with van der Waals surface area (Å²) in [5.41, 5.74) is 0. The molecule has 0 aromatic carbocycles. The first-order chi connectivity index (χ1) is 5.93. The van der Waals surface area contributed by atoms with Crippen LogP contribution in [-0.4, -0.2) is 12.5 Å². The molecule has 1 aromatic rings. The first kappa shape index (κ1) is 14.1. The van der Waals surface area contributed by atoms with Gasteiger partial charge in [0, 0.05) is 18.8 Å². The smallest absolute Gasteiger partial charge is 0.336 e. The van der Waals surface area contributed by atoms with E-state index in [1.807, 2.05) is 6.08 Å². The largest absolute Gasteiger partial charge is 0.348 e. The summed E-state index contributed by atoms with van der Waals surface area (Å²) in [5, 5.41) is 0. The van der Waals surface area contributed by atoms with Crippen LogP contribution in [0.25, 0.3) is 0 Å². The lowest BCUT2D eigenvalue weighted by atomic mass is 10.4. The molecule has 1 aromatic heterocycles. The van der Waals surface area contributed by atoms with E-state index in [0.29, 0.717) is 0 Å². The van der Waals surface area contributed by atoms with Gasteiger partial charge in [0.2, 0.25) is 0 Å². The highest BCUT2D eigenvalue weighted by molar-refractivity contribution is 9.90. The van der Waals surface area contributed by atoms with Gasteiger partial charge < -0.3 is 4.98 Å². The number of rotatable bonds is 2. The molecule has 0 spiro atoms. The lowest BCUT2D eigenvalue weighted by molar-refractivity contribution is 1.06. The molecule has 1 N–H and O–H groups in total. The highest BCUT2D eigenvalue weighted by Gasteiger charge is 2.14. The molecule has 13 heavy (non-hydrogen) atoms. The zero-order valence-electron chi connectivity index (χ0n) is 6.61. The van der Waals surface area contributed by atoms with Crippen molar-refractivity contribution in [1.82, 2.24) is 9.97 Å². The number of nitrogens with one attached hydrogen (secondary N) is 1. The zero-order valence-corrected chi connectivity index (χ0v) is 13.9. The Hall–Kier alpha value is 1.09. The molecule has 0 amide bonds. The molecule has 0 saturated heterocycles. The zero-order chi connectivity index (χ0) is 10.3. The molecule has 0 saturated carbocycles. The van der Waals surface area contributed by atoms with Gasteiger partial charge in [0.05, 0.1) is 0 Å². The van der Waals surface area contributed by atoms with Crippen molar-refractivity contribution in [3.05, 3.63) is 30.9 Å². The fraction of sp³-hybridized carbons (Fsp3) is 0.167. The summed E-state index contributed by atoms with van der Waals surface area (Å²) in [6.45, 7) is 3.58. The van der Waals surface area contributed by atoms with Gasteiger partial charge >= 0.3 is 2.55 Å². The van der Waals surface area contributed by atoms with Gasteiger partial charge in [-0.25, -0.2) is 4.98 Å². The number of hydrogen-bond donors (Lipinski definition) is 1. The summed E-state index contributed by atoms with van der Waals surface area (Å²) in [5.74, 6) is 0.972. The fourth-order valence-electron chi connectivity index (χ4n) is 0.546. The van der Waals surface area contributed by atoms with Crippen LogP contribution in [0.3, 0.4) is 0 Å². The van der Waals surface area contributed by atoms with Crippen LogP contribution >= 0.6 is 61.2 Å². The van der Waals surface area contributed by atoms with Crippen LogP contribution in [0.2, 0.25) is 0 Å². The number of halogens is 4. The summed E-state index contributed by atoms with van der Waals surface area (Å²) >= 11 is 13.1. The van der Waals surface area contributed by atoms with Crippen molar-refractivity contribution in [2.75, 3.05) is 0 Å². The minimum atomic E-state index is -1.36. The molecule has 0 aliphatic rings. The Morgan fingerprint density at radius 2 is 2.00 bits per heavy atom. The van der Waals surface area contributed by atoms with Crippen molar-refractivity contribution in [3.8, 4) is 0 Å². The molecule has 74 valence electrons. The van der Waals surface area contributed by atoms with Crippen molar-refractivity contribution in [2.24, 2.45) is 0 Å². The molecule has 2 nitrogen and oxygen atoms in total. The highest BCUT2D eigenvalue weighted by atomic mass is 80.0. The van der Waals surface area contributed by atoms with Gasteiger partial charge in [-0.3, -0.25) is 0 Å². The van der Waals surface area contributed by atoms with Crippen LogP contribution in [0.5, 0.6) is 0 Å². The number of imidazole rings is 1. The van der Waals surface area contributed by atoms with Gasteiger partial charge in [-0.15, -0.1) is 6.58 Å². The topological polar surface area (TPSA) is 28.7 Å². The maximum Gasteiger partial charge on any atom is 0.336 e. The van der Waals surface area contributed by atoms with Crippen LogP contribution in [0.1, 0.15) is 5.82 Å². The van der Waals surface area contributed by atoms with Crippen molar-refractivity contribution in [3.63, 3.8) is 0 Å². The van der Waals surface area contributed by atoms with E-state index in [0.717, 1.165) is 12.2 Å². The summed E-state index contributed by atoms with van der Waals surface area (Å²) < 4.78 is -1.36. The Labute approximate surface area is 110 Å². The SMILES string of the molecule is Br[Si](Br)(Br)Br.C=CCc1ncc[nH]1. The Morgan fingerprint density at radius 1 is 1.46 bits per heavy atom. The number of aromatic nitrogens is 2. The first-order valence-electron chi connectivity index (χ1n) is 3.28. The number of H-pyrrole nitrogens is 1. The molecule has 7 heteroatoms. The Kier molecular flexibility index (Phi) is 8.01. The normalized spacial score (nSPS) is 10.2. The molecule has 1 heterocycles. The first-order valence-corrected chi connectivity index (χ1v) is 14.3. The average Bonchev–Trinajstić information content (AvgIpc) is 2.36. The molecule has 0 radical (unpaired) electrons. The standard InChI is InChI=1S/C6H8N2.Br4Si/c1-2-3-6-7-4-5-8-6;1-5(2,3)4/h2,4-5H,1,3H2,(H,7,8);. The van der Waals surface area contributed by atoms with Gasteiger partial charge in [0.25, 0.3) is 0 Å². The third-order valence-electron chi connectivity index (χ3n) is 0.893. The number of nitrogens with zero attached hydrogens (tertiary/aromatic N) is 1. The van der Waals surface area contributed by atoms with E-state index >= 15 is 0 Å². The Bertz CT molecular complexity index is 225. The van der Waals surface area contributed by atoms with Gasteiger partial charge in [-0.05, 0) is 0 Å². The molecule has 0 fully saturated rings. The maximum atomic E-state index is 3.98. The van der Waals surface area contributed by atoms with Crippen LogP contribution < -0.4 is 0 Å². The van der Waals surface area contributed by atoms with Crippen molar-refractivity contribution in [2.45, 2.75) is 6.42 Å². The third kappa shape index (κ3) is 13.1. The van der Waals surface area contributed by atoms with E-state index in [1.165, 1.54) is 0 Å². The van der Waals surface area contributed by atoms with E-state index in [4.69, 9.17) is 0 Å². The third-order valence-corrected chi connectivity index (χ3v) is 0.893. The predicted octanol–water partition coefficient (Wildman–Crippen LogP) is 4.14. The minimum absolute atomic E-state index is 0.826. The van der Waals surface area contributed by atoms with Gasteiger partial charge in [0.15, 0.2) is 0 Å². The fourth-order valence-corrected chi connectivity index (χ4v) is 0.546. The molecule has 0 unspecified atom stereocenters. The summed E-state index contributed by atoms with van der Waals surface area (Å²) in [4.78, 5) is 6.93. The van der Waals surface area contributed by atoms with Crippen LogP contribution in [0.4, 0.5) is 0 Å². The van der Waals surface area contributed by atoms with Crippen LogP contribution in [0, 0.1) is 0 Å². The minimum Gasteiger partial charge on any atom is -0.348 e. The molecule has 0 bridgehead atoms. The average molecular weight is 456 g/mol. The van der Waals surface area contributed by atoms with Crippen molar-refractivity contribution in [1.29, 1.82) is 0 Å². The van der Waals surface area contributed by atoms with E-state index in [-0.39, 0.29) is 0 Å². The van der Waals surface area contributed by atoms with E-state index < -0.39 is 2.55 Å². The second-order valence-corrected chi connectivity index (χ2v) is 36.2. The second kappa shape index (κ2) is 7.39. The summed E-state index contributed by atoms with van der Waals surface area (Å²) in [7, 11) is 0. The summed E-state index contributed by atoms with van der Waals surface area (Å²) in [6.07, 6.45) is 6.18. The van der Waals surface area contributed by atoms with Crippen molar-refractivity contribution < 1.29 is 0 Å². The van der Waals surface area contributed by atoms with E-state index in [1.54, 1.807) is 12.4 Å². The van der Waals surface area contributed by atoms with Gasteiger partial charge in [-0.2, -0.15) is 0 Å². The van der Waals surface area contributed by atoms with Crippen molar-refractivity contribution >= 4 is 63.7 Å². The monoisotopic (exact) mass is 452 g/mol. The maximum absolute atomic E-state index is 3.98. The highest BCUT2D eigenvalue weighted by Crippen LogP contribution is 2.33. The molecule has 1 rings (SSSR count). The molecular weight excluding hydrogens is 448 g/mol. The summed E-state index contributed by atoms with van der Waals surface area (Å²) in [6, 6.07) is 0. The van der Waals surface area contributed by atoms with Crippen LogP contribution in [-0.2, 0) is 6.42 Å². The predicted molar refractivity (Wildman–Crippen MR) is 74.0 cm³/mol. The Balaban J connectivity index is 0.000000252. The van der Waals surface area contributed by atoms with E-state index in [9.17, 15) is 0 Å². The van der Waals surface area contributed by atoms with Gasteiger partial charge in [-0.1, -0.05) is 67.2 Å². The lowest BCUT2D eigenvalue weighted by Crippen LogP contribution is -1.86. The van der Waals surface area contributed by atoms with Gasteiger partial charge in [0.1, 0.15) is 5.82 Å². The Morgan fingerprint density at radius 3 is 2.31 bits per heavy atom. The van der Waals surface area contributed by atoms with Crippen LogP contribution in [0.15, 0.2) is 25.0 Å². The quantitative estimate of drug-likeness (QED) is 0.405. The molecular formula is C6H8Br4N2Si. The molecule has 0 aliphatic carbocycles. The lowest BCUT2D eigenvalue weighted by Gasteiger charge is -1.88. The molecule has 0 atom stereocenters. The second-order valence-electron chi connectivity index (χ2n) is 1.96.